The largest absolute Gasteiger partial charge is 0.293 e. The van der Waals surface area contributed by atoms with Crippen LogP contribution in [0.25, 0.3) is 0 Å². The molecule has 0 saturated carbocycles. The molecule has 0 amide bonds. The monoisotopic (exact) mass is 614 g/mol. The summed E-state index contributed by atoms with van der Waals surface area (Å²) in [5.74, 6) is 14.6. The van der Waals surface area contributed by atoms with Gasteiger partial charge in [0.2, 0.25) is 0 Å². The van der Waals surface area contributed by atoms with Crippen molar-refractivity contribution >= 4 is 0 Å². The summed E-state index contributed by atoms with van der Waals surface area (Å²) in [5, 5.41) is 0. The van der Waals surface area contributed by atoms with Gasteiger partial charge in [-0.05, 0) is 106 Å². The van der Waals surface area contributed by atoms with Gasteiger partial charge in [-0.3, -0.25) is 24.5 Å². The van der Waals surface area contributed by atoms with Crippen molar-refractivity contribution in [2.45, 2.75) is 121 Å². The lowest BCUT2D eigenvalue weighted by atomic mass is 10.0. The van der Waals surface area contributed by atoms with E-state index in [-0.39, 0.29) is 11.1 Å². The Morgan fingerprint density at radius 2 is 0.727 bits per heavy atom. The fraction of sp³-hybridized carbons (Fsp3) is 0.795. The zero-order valence-corrected chi connectivity index (χ0v) is 32.1. The summed E-state index contributed by atoms with van der Waals surface area (Å²) < 4.78 is 0. The number of rotatable bonds is 17. The summed E-state index contributed by atoms with van der Waals surface area (Å²) in [7, 11) is 0. The van der Waals surface area contributed by atoms with Crippen LogP contribution >= 0.6 is 0 Å². The zero-order chi connectivity index (χ0) is 35.0. The summed E-state index contributed by atoms with van der Waals surface area (Å²) in [6, 6.07) is 0. The number of terminal acetylenes is 3. The predicted octanol–water partition coefficient (Wildman–Crippen LogP) is 6.90. The Morgan fingerprint density at radius 1 is 0.432 bits per heavy atom. The third-order valence-electron chi connectivity index (χ3n) is 7.77. The molecule has 44 heavy (non-hydrogen) atoms. The van der Waals surface area contributed by atoms with Crippen LogP contribution in [0, 0.1) is 48.9 Å². The maximum absolute atomic E-state index is 5.48. The average molecular weight is 614 g/mol. The molecule has 0 heterocycles. The van der Waals surface area contributed by atoms with Crippen LogP contribution in [0.2, 0.25) is 0 Å². The topological polar surface area (TPSA) is 16.2 Å². The molecule has 0 aromatic heterocycles. The highest BCUT2D eigenvalue weighted by molar-refractivity contribution is 5.09. The van der Waals surface area contributed by atoms with Gasteiger partial charge in [-0.25, -0.2) is 0 Å². The second-order valence-corrected chi connectivity index (χ2v) is 11.5. The van der Waals surface area contributed by atoms with Crippen molar-refractivity contribution in [1.29, 1.82) is 0 Å². The van der Waals surface area contributed by atoms with E-state index in [0.717, 1.165) is 85.1 Å². The number of hydrogen-bond donors (Lipinski definition) is 0. The molecule has 5 heteroatoms. The molecule has 0 fully saturated rings. The minimum absolute atomic E-state index is 0.0774. The molecule has 0 aromatic carbocycles. The second kappa shape index (κ2) is 32.4. The van der Waals surface area contributed by atoms with Crippen LogP contribution in [0.15, 0.2) is 0 Å². The summed E-state index contributed by atoms with van der Waals surface area (Å²) in [6.45, 7) is 43.3. The lowest BCUT2D eigenvalue weighted by Crippen LogP contribution is -2.43. The normalized spacial score (nSPS) is 10.8. The summed E-state index contributed by atoms with van der Waals surface area (Å²) in [5.41, 5.74) is -0.157. The highest BCUT2D eigenvalue weighted by Crippen LogP contribution is 2.13. The van der Waals surface area contributed by atoms with Crippen molar-refractivity contribution < 1.29 is 0 Å². The standard InChI is InChI=1S/C12H24N2.C11H21N.C9H17N.C7H13N/c1-5-13(6-2)11-9-10-12-14(7-3)8-4;1-6-9-12(10-7-2)11(4,5)8-3;1-6-9(4,5)10(7-2)8-3;1-4-7-8(5-2)6-3/h5-8,11-12H2,1-4H3;3H,6-7,9-10H2,1-2,4-5H3;1H,7-8H2,2-5H3;1H,5-7H2,2-3H3. The summed E-state index contributed by atoms with van der Waals surface area (Å²) in [4.78, 5) is 11.5. The first-order valence-corrected chi connectivity index (χ1v) is 17.3. The first-order chi connectivity index (χ1) is 20.8. The van der Waals surface area contributed by atoms with E-state index >= 15 is 0 Å². The third-order valence-corrected chi connectivity index (χ3v) is 7.77. The van der Waals surface area contributed by atoms with E-state index in [0.29, 0.717) is 0 Å². The quantitative estimate of drug-likeness (QED) is 0.166. The molecule has 0 bridgehead atoms. The van der Waals surface area contributed by atoms with Gasteiger partial charge < -0.3 is 0 Å². The average Bonchev–Trinajstić information content (AvgIpc) is 3.03. The maximum atomic E-state index is 5.48. The smallest absolute Gasteiger partial charge is 0.0766 e. The van der Waals surface area contributed by atoms with Crippen molar-refractivity contribution in [2.75, 3.05) is 85.1 Å². The highest BCUT2D eigenvalue weighted by atomic mass is 15.2. The fourth-order valence-electron chi connectivity index (χ4n) is 4.21. The van der Waals surface area contributed by atoms with Gasteiger partial charge in [0.05, 0.1) is 30.7 Å². The van der Waals surface area contributed by atoms with E-state index < -0.39 is 0 Å². The first-order valence-electron chi connectivity index (χ1n) is 17.3. The van der Waals surface area contributed by atoms with E-state index in [1.54, 1.807) is 0 Å². The fourth-order valence-corrected chi connectivity index (χ4v) is 4.21. The Labute approximate surface area is 278 Å². The molecule has 0 spiro atoms. The maximum Gasteiger partial charge on any atom is 0.0766 e. The molecule has 0 aliphatic rings. The second-order valence-electron chi connectivity index (χ2n) is 11.5. The van der Waals surface area contributed by atoms with Crippen LogP contribution in [0.4, 0.5) is 0 Å². The Morgan fingerprint density at radius 3 is 0.909 bits per heavy atom. The van der Waals surface area contributed by atoms with Crippen molar-refractivity contribution in [3.05, 3.63) is 0 Å². The van der Waals surface area contributed by atoms with Crippen molar-refractivity contribution in [3.8, 4) is 48.9 Å². The van der Waals surface area contributed by atoms with Crippen LogP contribution in [0.1, 0.15) is 110 Å². The lowest BCUT2D eigenvalue weighted by molar-refractivity contribution is 0.170. The highest BCUT2D eigenvalue weighted by Gasteiger charge is 2.22. The van der Waals surface area contributed by atoms with Gasteiger partial charge in [0.25, 0.3) is 0 Å². The van der Waals surface area contributed by atoms with Gasteiger partial charge in [-0.1, -0.05) is 98.8 Å². The summed E-state index contributed by atoms with van der Waals surface area (Å²) >= 11 is 0. The minimum Gasteiger partial charge on any atom is -0.293 e. The minimum atomic E-state index is -0.0799. The van der Waals surface area contributed by atoms with Crippen molar-refractivity contribution in [2.24, 2.45) is 0 Å². The van der Waals surface area contributed by atoms with Gasteiger partial charge in [0.1, 0.15) is 0 Å². The van der Waals surface area contributed by atoms with E-state index in [1.165, 1.54) is 12.8 Å². The molecule has 0 saturated heterocycles. The molecular formula is C39H75N5. The lowest BCUT2D eigenvalue weighted by Gasteiger charge is -2.34. The molecule has 0 N–H and O–H groups in total. The van der Waals surface area contributed by atoms with Crippen molar-refractivity contribution in [3.63, 3.8) is 0 Å². The Hall–Kier alpha value is -1.96. The van der Waals surface area contributed by atoms with Gasteiger partial charge in [-0.2, -0.15) is 0 Å². The third kappa shape index (κ3) is 26.4. The summed E-state index contributed by atoms with van der Waals surface area (Å²) in [6.07, 6.45) is 18.3. The van der Waals surface area contributed by atoms with Crippen LogP contribution in [0.3, 0.4) is 0 Å². The molecule has 0 aliphatic carbocycles. The van der Waals surface area contributed by atoms with Crippen LogP contribution < -0.4 is 0 Å². The van der Waals surface area contributed by atoms with E-state index in [4.69, 9.17) is 19.3 Å². The molecular weight excluding hydrogens is 538 g/mol. The molecule has 0 rings (SSSR count). The van der Waals surface area contributed by atoms with E-state index in [2.05, 4.69) is 151 Å². The van der Waals surface area contributed by atoms with Gasteiger partial charge >= 0.3 is 0 Å². The zero-order valence-electron chi connectivity index (χ0n) is 32.1. The van der Waals surface area contributed by atoms with Gasteiger partial charge in [0.15, 0.2) is 0 Å². The van der Waals surface area contributed by atoms with Crippen LogP contribution in [-0.2, 0) is 0 Å². The molecule has 0 atom stereocenters. The molecule has 256 valence electrons. The molecule has 5 nitrogen and oxygen atoms in total. The van der Waals surface area contributed by atoms with E-state index in [9.17, 15) is 0 Å². The van der Waals surface area contributed by atoms with Gasteiger partial charge in [0, 0.05) is 0 Å². The van der Waals surface area contributed by atoms with E-state index in [1.807, 2.05) is 0 Å². The van der Waals surface area contributed by atoms with Crippen LogP contribution in [-0.4, -0.2) is 121 Å². The first kappa shape index (κ1) is 48.9. The number of nitrogens with zero attached hydrogens (tertiary/aromatic N) is 5. The Balaban J connectivity index is -0.000000247. The predicted molar refractivity (Wildman–Crippen MR) is 201 cm³/mol. The molecule has 0 unspecified atom stereocenters. The SMILES string of the molecule is C#CC(C)(C)N(CC)CC.C#CC(C)(C)N(CCC)CCC.C#CCN(CC)CC.CCN(CC)CC#CCN(CC)CC. The van der Waals surface area contributed by atoms with Gasteiger partial charge in [-0.15, -0.1) is 19.3 Å². The van der Waals surface area contributed by atoms with Crippen LogP contribution in [0.5, 0.6) is 0 Å². The number of hydrogen-bond acceptors (Lipinski definition) is 5. The molecule has 0 radical (unpaired) electrons. The Kier molecular flexibility index (Phi) is 36.1. The van der Waals surface area contributed by atoms with Crippen molar-refractivity contribution in [1.82, 2.24) is 24.5 Å². The Bertz CT molecular complexity index is 775. The molecule has 0 aliphatic heterocycles. The molecule has 0 aromatic rings.